The molecule has 0 saturated carbocycles. The molecule has 0 spiro atoms. The van der Waals surface area contributed by atoms with Gasteiger partial charge in [0.2, 0.25) is 5.95 Å². The highest BCUT2D eigenvalue weighted by Crippen LogP contribution is 2.23. The molecule has 1 heterocycles. The van der Waals surface area contributed by atoms with Crippen molar-refractivity contribution in [2.45, 2.75) is 37.1 Å². The number of carbonyl (C=O) groups is 1. The van der Waals surface area contributed by atoms with Gasteiger partial charge in [-0.3, -0.25) is 9.36 Å². The predicted molar refractivity (Wildman–Crippen MR) is 62.7 cm³/mol. The minimum Gasteiger partial charge on any atom is -0.481 e. The van der Waals surface area contributed by atoms with E-state index >= 15 is 0 Å². The fraction of sp³-hybridized carbons (Fsp3) is 0.667. The Morgan fingerprint density at radius 2 is 2.05 bits per heavy atom. The number of nitrogen functional groups attached to an aromatic ring is 1. The van der Waals surface area contributed by atoms with Crippen LogP contribution in [0.1, 0.15) is 19.3 Å². The minimum atomic E-state index is -4.17. The second kappa shape index (κ2) is 6.64. The molecular weight excluding hydrogens is 285 g/mol. The zero-order valence-electron chi connectivity index (χ0n) is 9.85. The van der Waals surface area contributed by atoms with Crippen molar-refractivity contribution in [1.29, 1.82) is 0 Å². The molecule has 1 aromatic heterocycles. The van der Waals surface area contributed by atoms with Crippen molar-refractivity contribution in [2.75, 3.05) is 11.5 Å². The number of halogens is 3. The number of unbranched alkanes of at least 4 members (excludes halogenated alkanes) is 1. The van der Waals surface area contributed by atoms with Crippen molar-refractivity contribution < 1.29 is 23.1 Å². The van der Waals surface area contributed by atoms with E-state index in [0.717, 1.165) is 11.8 Å². The smallest absolute Gasteiger partial charge is 0.389 e. The lowest BCUT2D eigenvalue weighted by Gasteiger charge is -2.08. The van der Waals surface area contributed by atoms with Crippen molar-refractivity contribution >= 4 is 23.7 Å². The normalized spacial score (nSPS) is 11.7. The van der Waals surface area contributed by atoms with E-state index in [4.69, 9.17) is 10.8 Å². The molecule has 0 saturated heterocycles. The highest BCUT2D eigenvalue weighted by Gasteiger charge is 2.26. The Morgan fingerprint density at radius 1 is 1.37 bits per heavy atom. The van der Waals surface area contributed by atoms with E-state index in [2.05, 4.69) is 10.2 Å². The number of thioether (sulfide) groups is 1. The molecule has 0 aromatic carbocycles. The van der Waals surface area contributed by atoms with Gasteiger partial charge in [-0.05, 0) is 12.8 Å². The third-order valence-electron chi connectivity index (χ3n) is 2.16. The van der Waals surface area contributed by atoms with Crippen molar-refractivity contribution in [3.8, 4) is 0 Å². The fourth-order valence-electron chi connectivity index (χ4n) is 1.34. The summed E-state index contributed by atoms with van der Waals surface area (Å²) < 4.78 is 37.3. The van der Waals surface area contributed by atoms with E-state index in [1.807, 2.05) is 0 Å². The molecule has 0 fully saturated rings. The first-order chi connectivity index (χ1) is 8.79. The van der Waals surface area contributed by atoms with E-state index in [0.29, 0.717) is 5.16 Å². The Hall–Kier alpha value is -1.45. The van der Waals surface area contributed by atoms with Crippen LogP contribution in [0.5, 0.6) is 0 Å². The number of nitrogens with two attached hydrogens (primary N) is 1. The molecule has 0 amide bonds. The first-order valence-corrected chi connectivity index (χ1v) is 6.38. The number of anilines is 1. The van der Waals surface area contributed by atoms with Gasteiger partial charge in [-0.1, -0.05) is 11.8 Å². The van der Waals surface area contributed by atoms with Crippen LogP contribution < -0.4 is 5.73 Å². The molecule has 108 valence electrons. The maximum absolute atomic E-state index is 12.0. The summed E-state index contributed by atoms with van der Waals surface area (Å²) in [6.07, 6.45) is -4.78. The lowest BCUT2D eigenvalue weighted by Crippen LogP contribution is -2.09. The summed E-state index contributed by atoms with van der Waals surface area (Å²) in [7, 11) is 0. The number of aliphatic carboxylic acids is 1. The highest BCUT2D eigenvalue weighted by molar-refractivity contribution is 7.99. The van der Waals surface area contributed by atoms with Gasteiger partial charge in [0.25, 0.3) is 0 Å². The van der Waals surface area contributed by atoms with Gasteiger partial charge < -0.3 is 10.8 Å². The molecule has 3 N–H and O–H groups in total. The lowest BCUT2D eigenvalue weighted by atomic mass is 10.2. The molecule has 19 heavy (non-hydrogen) atoms. The van der Waals surface area contributed by atoms with Gasteiger partial charge in [-0.25, -0.2) is 0 Å². The standard InChI is InChI=1S/C9H13F3N4O2S/c10-9(11,12)3-1-2-4-16-7(13)14-15-8(16)19-5-6(17)18/h1-5H2,(H2,13,14)(H,17,18). The Bertz CT molecular complexity index is 436. The van der Waals surface area contributed by atoms with Crippen LogP contribution in [0.2, 0.25) is 0 Å². The molecule has 0 aliphatic rings. The van der Waals surface area contributed by atoms with Gasteiger partial charge in [0, 0.05) is 13.0 Å². The SMILES string of the molecule is Nc1nnc(SCC(=O)O)n1CCCCC(F)(F)F. The fourth-order valence-corrected chi connectivity index (χ4v) is 2.03. The third-order valence-corrected chi connectivity index (χ3v) is 3.11. The van der Waals surface area contributed by atoms with Crippen molar-refractivity contribution in [1.82, 2.24) is 14.8 Å². The molecule has 1 aromatic rings. The molecule has 0 bridgehead atoms. The Balaban J connectivity index is 2.48. The highest BCUT2D eigenvalue weighted by atomic mass is 32.2. The van der Waals surface area contributed by atoms with E-state index in [1.54, 1.807) is 0 Å². The summed E-state index contributed by atoms with van der Waals surface area (Å²) in [5.74, 6) is -1.16. The molecule has 0 aliphatic carbocycles. The Labute approximate surface area is 111 Å². The van der Waals surface area contributed by atoms with Gasteiger partial charge in [0.1, 0.15) is 0 Å². The first-order valence-electron chi connectivity index (χ1n) is 5.39. The molecule has 10 heteroatoms. The van der Waals surface area contributed by atoms with Gasteiger partial charge in [-0.15, -0.1) is 10.2 Å². The number of rotatable bonds is 7. The molecule has 0 aliphatic heterocycles. The van der Waals surface area contributed by atoms with Crippen LogP contribution in [0.15, 0.2) is 5.16 Å². The van der Waals surface area contributed by atoms with Crippen molar-refractivity contribution in [3.05, 3.63) is 0 Å². The summed E-state index contributed by atoms with van der Waals surface area (Å²) in [6.45, 7) is 0.233. The van der Waals surface area contributed by atoms with Gasteiger partial charge in [0.15, 0.2) is 5.16 Å². The zero-order valence-corrected chi connectivity index (χ0v) is 10.7. The first kappa shape index (κ1) is 15.6. The lowest BCUT2D eigenvalue weighted by molar-refractivity contribution is -0.136. The van der Waals surface area contributed by atoms with Crippen molar-refractivity contribution in [2.24, 2.45) is 0 Å². The quantitative estimate of drug-likeness (QED) is 0.588. The summed E-state index contributed by atoms with van der Waals surface area (Å²) in [5.41, 5.74) is 5.52. The Morgan fingerprint density at radius 3 is 2.63 bits per heavy atom. The number of alkyl halides is 3. The maximum Gasteiger partial charge on any atom is 0.389 e. The van der Waals surface area contributed by atoms with Crippen molar-refractivity contribution in [3.63, 3.8) is 0 Å². The monoisotopic (exact) mass is 298 g/mol. The number of carboxylic acid groups (broad SMARTS) is 1. The van der Waals surface area contributed by atoms with Crippen LogP contribution in [-0.4, -0.2) is 37.8 Å². The summed E-state index contributed by atoms with van der Waals surface area (Å²) in [5, 5.41) is 16.1. The topological polar surface area (TPSA) is 94.0 Å². The number of carboxylic acids is 1. The number of hydrogen-bond acceptors (Lipinski definition) is 5. The van der Waals surface area contributed by atoms with Crippen LogP contribution in [0.3, 0.4) is 0 Å². The molecule has 0 atom stereocenters. The number of aromatic nitrogens is 3. The molecule has 6 nitrogen and oxygen atoms in total. The maximum atomic E-state index is 12.0. The average Bonchev–Trinajstić information content (AvgIpc) is 2.62. The van der Waals surface area contributed by atoms with Gasteiger partial charge in [0.05, 0.1) is 5.75 Å². The molecule has 0 unspecified atom stereocenters. The minimum absolute atomic E-state index is 0.0237. The number of nitrogens with zero attached hydrogens (tertiary/aromatic N) is 3. The third kappa shape index (κ3) is 5.81. The van der Waals surface area contributed by atoms with Crippen LogP contribution in [0.25, 0.3) is 0 Å². The van der Waals surface area contributed by atoms with E-state index in [9.17, 15) is 18.0 Å². The van der Waals surface area contributed by atoms with E-state index in [-0.39, 0.29) is 31.1 Å². The van der Waals surface area contributed by atoms with E-state index in [1.165, 1.54) is 4.57 Å². The molecule has 1 rings (SSSR count). The number of hydrogen-bond donors (Lipinski definition) is 2. The average molecular weight is 298 g/mol. The Kier molecular flexibility index (Phi) is 5.45. The summed E-state index contributed by atoms with van der Waals surface area (Å²) >= 11 is 0.927. The molecular formula is C9H13F3N4O2S. The van der Waals surface area contributed by atoms with Crippen LogP contribution in [-0.2, 0) is 11.3 Å². The zero-order chi connectivity index (χ0) is 14.5. The predicted octanol–water partition coefficient (Wildman–Crippen LogP) is 1.77. The molecule has 0 radical (unpaired) electrons. The van der Waals surface area contributed by atoms with Gasteiger partial charge in [-0.2, -0.15) is 13.2 Å². The van der Waals surface area contributed by atoms with Crippen LogP contribution in [0, 0.1) is 0 Å². The summed E-state index contributed by atoms with van der Waals surface area (Å²) in [4.78, 5) is 10.4. The largest absolute Gasteiger partial charge is 0.481 e. The second-order valence-corrected chi connectivity index (χ2v) is 4.69. The van der Waals surface area contributed by atoms with Crippen LogP contribution >= 0.6 is 11.8 Å². The van der Waals surface area contributed by atoms with Crippen LogP contribution in [0.4, 0.5) is 19.1 Å². The van der Waals surface area contributed by atoms with E-state index < -0.39 is 18.6 Å². The second-order valence-electron chi connectivity index (χ2n) is 3.75. The summed E-state index contributed by atoms with van der Waals surface area (Å²) in [6, 6.07) is 0. The van der Waals surface area contributed by atoms with Gasteiger partial charge >= 0.3 is 12.1 Å².